The van der Waals surface area contributed by atoms with Gasteiger partial charge in [0.15, 0.2) is 0 Å². The minimum atomic E-state index is 0.0980. The predicted octanol–water partition coefficient (Wildman–Crippen LogP) is 2.05. The van der Waals surface area contributed by atoms with E-state index >= 15 is 0 Å². The lowest BCUT2D eigenvalue weighted by Gasteiger charge is -2.08. The van der Waals surface area contributed by atoms with Crippen LogP contribution in [0.4, 0.5) is 5.82 Å². The van der Waals surface area contributed by atoms with Gasteiger partial charge in [-0.1, -0.05) is 0 Å². The van der Waals surface area contributed by atoms with Crippen molar-refractivity contribution in [2.75, 3.05) is 11.9 Å². The summed E-state index contributed by atoms with van der Waals surface area (Å²) < 4.78 is 1.84. The Balaban J connectivity index is 1.74. The van der Waals surface area contributed by atoms with Crippen LogP contribution in [0.5, 0.6) is 0 Å². The lowest BCUT2D eigenvalue weighted by Crippen LogP contribution is -2.10. The van der Waals surface area contributed by atoms with Crippen LogP contribution in [0.3, 0.4) is 0 Å². The van der Waals surface area contributed by atoms with Crippen LogP contribution in [0.25, 0.3) is 0 Å². The fourth-order valence-corrected chi connectivity index (χ4v) is 3.73. The number of aliphatic hydroxyl groups excluding tert-OH is 1. The second kappa shape index (κ2) is 5.54. The first-order valence-corrected chi connectivity index (χ1v) is 7.87. The number of fused-ring (bicyclic) bond motifs is 1. The summed E-state index contributed by atoms with van der Waals surface area (Å²) in [5, 5.41) is 18.1. The molecular weight excluding hydrogens is 272 g/mol. The first-order valence-electron chi connectivity index (χ1n) is 7.05. The molecule has 6 heteroatoms. The van der Waals surface area contributed by atoms with Crippen molar-refractivity contribution in [1.82, 2.24) is 14.8 Å². The topological polar surface area (TPSA) is 63.0 Å². The molecule has 3 rings (SSSR count). The molecule has 0 unspecified atom stereocenters. The van der Waals surface area contributed by atoms with Crippen LogP contribution in [-0.4, -0.2) is 26.5 Å². The van der Waals surface area contributed by atoms with Crippen LogP contribution in [0, 0.1) is 13.8 Å². The quantitative estimate of drug-likeness (QED) is 0.885. The summed E-state index contributed by atoms with van der Waals surface area (Å²) in [4.78, 5) is 6.15. The molecule has 0 saturated heterocycles. The number of aromatic nitrogens is 3. The molecule has 0 bridgehead atoms. The predicted molar refractivity (Wildman–Crippen MR) is 80.3 cm³/mol. The third kappa shape index (κ3) is 2.45. The molecular formula is C14H20N4OS. The van der Waals surface area contributed by atoms with E-state index in [0.717, 1.165) is 35.0 Å². The van der Waals surface area contributed by atoms with E-state index in [9.17, 15) is 0 Å². The summed E-state index contributed by atoms with van der Waals surface area (Å²) in [6.45, 7) is 5.40. The Kier molecular flexibility index (Phi) is 3.76. The monoisotopic (exact) mass is 292 g/mol. The van der Waals surface area contributed by atoms with Gasteiger partial charge >= 0.3 is 0 Å². The molecule has 0 radical (unpaired) electrons. The van der Waals surface area contributed by atoms with Crippen molar-refractivity contribution >= 4 is 17.2 Å². The third-order valence-electron chi connectivity index (χ3n) is 3.79. The van der Waals surface area contributed by atoms with E-state index in [2.05, 4.69) is 17.3 Å². The normalized spacial score (nSPS) is 13.8. The van der Waals surface area contributed by atoms with Gasteiger partial charge in [-0.25, -0.2) is 9.67 Å². The van der Waals surface area contributed by atoms with Crippen molar-refractivity contribution in [3.05, 3.63) is 26.8 Å². The van der Waals surface area contributed by atoms with E-state index in [1.54, 1.807) is 0 Å². The van der Waals surface area contributed by atoms with Gasteiger partial charge in [-0.15, -0.1) is 11.3 Å². The lowest BCUT2D eigenvalue weighted by atomic mass is 10.3. The van der Waals surface area contributed by atoms with Gasteiger partial charge in [0, 0.05) is 10.4 Å². The van der Waals surface area contributed by atoms with Crippen LogP contribution >= 0.6 is 11.3 Å². The van der Waals surface area contributed by atoms with Crippen molar-refractivity contribution < 1.29 is 5.11 Å². The van der Waals surface area contributed by atoms with Gasteiger partial charge in [-0.2, -0.15) is 5.10 Å². The average molecular weight is 292 g/mol. The molecule has 0 aromatic carbocycles. The number of hydrogen-bond acceptors (Lipinski definition) is 5. The van der Waals surface area contributed by atoms with Gasteiger partial charge in [-0.3, -0.25) is 0 Å². The molecule has 2 N–H and O–H groups in total. The molecule has 1 aliphatic rings. The van der Waals surface area contributed by atoms with Crippen LogP contribution < -0.4 is 5.32 Å². The van der Waals surface area contributed by atoms with Crippen LogP contribution in [-0.2, 0) is 25.9 Å². The zero-order chi connectivity index (χ0) is 14.1. The first kappa shape index (κ1) is 13.6. The fourth-order valence-electron chi connectivity index (χ4n) is 2.63. The molecule has 0 amide bonds. The summed E-state index contributed by atoms with van der Waals surface area (Å²) in [7, 11) is 0. The van der Waals surface area contributed by atoms with Crippen molar-refractivity contribution in [3.8, 4) is 0 Å². The van der Waals surface area contributed by atoms with Crippen molar-refractivity contribution in [2.24, 2.45) is 0 Å². The number of anilines is 1. The highest BCUT2D eigenvalue weighted by atomic mass is 32.1. The Morgan fingerprint density at radius 3 is 2.95 bits per heavy atom. The second-order valence-electron chi connectivity index (χ2n) is 5.19. The van der Waals surface area contributed by atoms with Crippen molar-refractivity contribution in [1.29, 1.82) is 0 Å². The number of aryl methyl sites for hydroxylation is 3. The lowest BCUT2D eigenvalue weighted by molar-refractivity contribution is 0.270. The maximum absolute atomic E-state index is 9.11. The maximum Gasteiger partial charge on any atom is 0.127 e. The Hall–Kier alpha value is -1.40. The molecule has 0 saturated carbocycles. The number of nitrogens with zero attached hydrogens (tertiary/aromatic N) is 3. The zero-order valence-electron chi connectivity index (χ0n) is 11.9. The van der Waals surface area contributed by atoms with Crippen molar-refractivity contribution in [2.45, 2.75) is 46.2 Å². The van der Waals surface area contributed by atoms with Crippen LogP contribution in [0.2, 0.25) is 0 Å². The van der Waals surface area contributed by atoms with Gasteiger partial charge < -0.3 is 10.4 Å². The summed E-state index contributed by atoms with van der Waals surface area (Å²) in [5.41, 5.74) is 3.44. The molecule has 0 spiro atoms. The Morgan fingerprint density at radius 2 is 2.20 bits per heavy atom. The van der Waals surface area contributed by atoms with E-state index in [1.807, 2.05) is 22.9 Å². The molecule has 2 aromatic rings. The fraction of sp³-hybridized carbons (Fsp3) is 0.571. The summed E-state index contributed by atoms with van der Waals surface area (Å²) in [6, 6.07) is 0. The minimum Gasteiger partial charge on any atom is -0.394 e. The SMILES string of the molecule is Cc1nn(CCO)c(NCc2nc3c(s2)CCC3)c1C. The van der Waals surface area contributed by atoms with Gasteiger partial charge in [-0.05, 0) is 33.1 Å². The first-order chi connectivity index (χ1) is 9.69. The van der Waals surface area contributed by atoms with Crippen LogP contribution in [0.15, 0.2) is 0 Å². The Bertz CT molecular complexity index is 595. The van der Waals surface area contributed by atoms with E-state index in [4.69, 9.17) is 10.1 Å². The standard InChI is InChI=1S/C14H20N4OS/c1-9-10(2)17-18(6-7-19)14(9)15-8-13-16-11-4-3-5-12(11)20-13/h15,19H,3-8H2,1-2H3. The van der Waals surface area contributed by atoms with Gasteiger partial charge in [0.2, 0.25) is 0 Å². The molecule has 0 atom stereocenters. The highest BCUT2D eigenvalue weighted by Gasteiger charge is 2.17. The minimum absolute atomic E-state index is 0.0980. The molecule has 2 aromatic heterocycles. The van der Waals surface area contributed by atoms with Crippen molar-refractivity contribution in [3.63, 3.8) is 0 Å². The van der Waals surface area contributed by atoms with Gasteiger partial charge in [0.05, 0.1) is 31.1 Å². The Labute approximate surface area is 122 Å². The number of thiazole rings is 1. The van der Waals surface area contributed by atoms with E-state index in [0.29, 0.717) is 6.54 Å². The Morgan fingerprint density at radius 1 is 1.35 bits per heavy atom. The number of hydrogen-bond donors (Lipinski definition) is 2. The summed E-state index contributed by atoms with van der Waals surface area (Å²) >= 11 is 1.82. The molecule has 1 aliphatic carbocycles. The molecule has 108 valence electrons. The molecule has 0 fully saturated rings. The number of rotatable bonds is 5. The largest absolute Gasteiger partial charge is 0.394 e. The summed E-state index contributed by atoms with van der Waals surface area (Å²) in [6.07, 6.45) is 3.57. The van der Waals surface area contributed by atoms with Gasteiger partial charge in [0.1, 0.15) is 10.8 Å². The highest BCUT2D eigenvalue weighted by Crippen LogP contribution is 2.28. The third-order valence-corrected chi connectivity index (χ3v) is 4.94. The molecule has 0 aliphatic heterocycles. The number of nitrogens with one attached hydrogen (secondary N) is 1. The van der Waals surface area contributed by atoms with Crippen LogP contribution in [0.1, 0.15) is 33.3 Å². The maximum atomic E-state index is 9.11. The zero-order valence-corrected chi connectivity index (χ0v) is 12.8. The average Bonchev–Trinajstić information content (AvgIpc) is 3.04. The van der Waals surface area contributed by atoms with E-state index in [1.165, 1.54) is 23.4 Å². The molecule has 5 nitrogen and oxygen atoms in total. The second-order valence-corrected chi connectivity index (χ2v) is 6.36. The number of aliphatic hydroxyl groups is 1. The van der Waals surface area contributed by atoms with E-state index in [-0.39, 0.29) is 6.61 Å². The molecule has 2 heterocycles. The van der Waals surface area contributed by atoms with E-state index < -0.39 is 0 Å². The smallest absolute Gasteiger partial charge is 0.127 e. The molecule has 20 heavy (non-hydrogen) atoms. The van der Waals surface area contributed by atoms with Gasteiger partial charge in [0.25, 0.3) is 0 Å². The highest BCUT2D eigenvalue weighted by molar-refractivity contribution is 7.11. The summed E-state index contributed by atoms with van der Waals surface area (Å²) in [5.74, 6) is 0.993.